The van der Waals surface area contributed by atoms with Crippen molar-refractivity contribution in [3.63, 3.8) is 0 Å². The van der Waals surface area contributed by atoms with Crippen molar-refractivity contribution in [2.45, 2.75) is 11.5 Å². The lowest BCUT2D eigenvalue weighted by atomic mass is 10.1. The SMILES string of the molecule is N#Cc1ccc(NC(=O)C(F)(F)F)c(CBr)c1. The predicted molar refractivity (Wildman–Crippen MR) is 58.5 cm³/mol. The molecule has 0 aliphatic rings. The lowest BCUT2D eigenvalue weighted by molar-refractivity contribution is -0.167. The quantitative estimate of drug-likeness (QED) is 0.854. The first-order valence-electron chi connectivity index (χ1n) is 4.35. The van der Waals surface area contributed by atoms with Gasteiger partial charge in [-0.15, -0.1) is 0 Å². The number of amides is 1. The second-order valence-corrected chi connectivity index (χ2v) is 3.63. The van der Waals surface area contributed by atoms with Gasteiger partial charge in [0.15, 0.2) is 0 Å². The number of anilines is 1. The van der Waals surface area contributed by atoms with Crippen molar-refractivity contribution in [1.82, 2.24) is 0 Å². The maximum absolute atomic E-state index is 12.0. The molecule has 90 valence electrons. The number of nitrogens with zero attached hydrogens (tertiary/aromatic N) is 1. The lowest BCUT2D eigenvalue weighted by Crippen LogP contribution is -2.30. The molecule has 0 fully saturated rings. The van der Waals surface area contributed by atoms with Gasteiger partial charge in [0.2, 0.25) is 0 Å². The fourth-order valence-corrected chi connectivity index (χ4v) is 1.55. The summed E-state index contributed by atoms with van der Waals surface area (Å²) in [5.74, 6) is -2.04. The number of halogens is 4. The van der Waals surface area contributed by atoms with Crippen LogP contribution in [-0.2, 0) is 10.1 Å². The Labute approximate surface area is 103 Å². The zero-order chi connectivity index (χ0) is 13.1. The highest BCUT2D eigenvalue weighted by Gasteiger charge is 2.38. The maximum Gasteiger partial charge on any atom is 0.471 e. The average Bonchev–Trinajstić information content (AvgIpc) is 2.28. The van der Waals surface area contributed by atoms with Crippen LogP contribution in [0.1, 0.15) is 11.1 Å². The third-order valence-corrected chi connectivity index (χ3v) is 2.49. The number of carbonyl (C=O) groups excluding carboxylic acids is 1. The lowest BCUT2D eigenvalue weighted by Gasteiger charge is -2.11. The predicted octanol–water partition coefficient (Wildman–Crippen LogP) is 2.95. The Morgan fingerprint density at radius 3 is 2.59 bits per heavy atom. The highest BCUT2D eigenvalue weighted by molar-refractivity contribution is 9.08. The molecule has 1 N–H and O–H groups in total. The topological polar surface area (TPSA) is 52.9 Å². The van der Waals surface area contributed by atoms with Crippen molar-refractivity contribution < 1.29 is 18.0 Å². The summed E-state index contributed by atoms with van der Waals surface area (Å²) in [7, 11) is 0. The number of carbonyl (C=O) groups is 1. The van der Waals surface area contributed by atoms with E-state index < -0.39 is 12.1 Å². The smallest absolute Gasteiger partial charge is 0.318 e. The fraction of sp³-hybridized carbons (Fsp3) is 0.200. The van der Waals surface area contributed by atoms with Crippen LogP contribution in [0.3, 0.4) is 0 Å². The molecule has 0 bridgehead atoms. The summed E-state index contributed by atoms with van der Waals surface area (Å²) in [5, 5.41) is 10.6. The Bertz CT molecular complexity index is 479. The van der Waals surface area contributed by atoms with Crippen LogP contribution >= 0.6 is 15.9 Å². The number of rotatable bonds is 2. The van der Waals surface area contributed by atoms with E-state index in [1.165, 1.54) is 18.2 Å². The molecule has 0 atom stereocenters. The summed E-state index contributed by atoms with van der Waals surface area (Å²) < 4.78 is 36.1. The molecule has 1 aromatic carbocycles. The van der Waals surface area contributed by atoms with Crippen LogP contribution in [0.15, 0.2) is 18.2 Å². The highest BCUT2D eigenvalue weighted by Crippen LogP contribution is 2.23. The van der Waals surface area contributed by atoms with Crippen LogP contribution in [0.25, 0.3) is 0 Å². The van der Waals surface area contributed by atoms with Gasteiger partial charge in [-0.3, -0.25) is 4.79 Å². The van der Waals surface area contributed by atoms with Gasteiger partial charge in [-0.2, -0.15) is 18.4 Å². The summed E-state index contributed by atoms with van der Waals surface area (Å²) in [6, 6.07) is 5.85. The minimum Gasteiger partial charge on any atom is -0.318 e. The molecule has 17 heavy (non-hydrogen) atoms. The van der Waals surface area contributed by atoms with Crippen molar-refractivity contribution >= 4 is 27.5 Å². The zero-order valence-corrected chi connectivity index (χ0v) is 9.89. The number of alkyl halides is 4. The number of benzene rings is 1. The van der Waals surface area contributed by atoms with Crippen LogP contribution in [0.2, 0.25) is 0 Å². The average molecular weight is 307 g/mol. The molecule has 3 nitrogen and oxygen atoms in total. The molecule has 1 rings (SSSR count). The fourth-order valence-electron chi connectivity index (χ4n) is 1.09. The molecule has 0 spiro atoms. The molecule has 0 saturated heterocycles. The number of hydrogen-bond donors (Lipinski definition) is 1. The van der Waals surface area contributed by atoms with Crippen LogP contribution in [0, 0.1) is 11.3 Å². The second-order valence-electron chi connectivity index (χ2n) is 3.07. The summed E-state index contributed by atoms with van der Waals surface area (Å²) in [4.78, 5) is 10.7. The van der Waals surface area contributed by atoms with Crippen molar-refractivity contribution in [1.29, 1.82) is 5.26 Å². The van der Waals surface area contributed by atoms with E-state index in [1.807, 2.05) is 6.07 Å². The summed E-state index contributed by atoms with van der Waals surface area (Å²) >= 11 is 3.07. The molecule has 0 aromatic heterocycles. The van der Waals surface area contributed by atoms with E-state index >= 15 is 0 Å². The van der Waals surface area contributed by atoms with Gasteiger partial charge in [0.25, 0.3) is 0 Å². The van der Waals surface area contributed by atoms with E-state index in [9.17, 15) is 18.0 Å². The van der Waals surface area contributed by atoms with E-state index in [0.717, 1.165) is 0 Å². The van der Waals surface area contributed by atoms with Gasteiger partial charge in [-0.05, 0) is 23.8 Å². The molecule has 0 unspecified atom stereocenters. The molecule has 0 saturated carbocycles. The second kappa shape index (κ2) is 5.19. The molecule has 1 aromatic rings. The molecule has 7 heteroatoms. The Kier molecular flexibility index (Phi) is 4.12. The summed E-state index contributed by atoms with van der Waals surface area (Å²) in [5.41, 5.74) is 0.745. The van der Waals surface area contributed by atoms with Gasteiger partial charge in [-0.25, -0.2) is 0 Å². The molecular formula is C10H6BrF3N2O. The van der Waals surface area contributed by atoms with Gasteiger partial charge in [0.05, 0.1) is 11.6 Å². The number of nitriles is 1. The third-order valence-electron chi connectivity index (χ3n) is 1.88. The molecule has 0 aliphatic carbocycles. The van der Waals surface area contributed by atoms with E-state index in [1.54, 1.807) is 5.32 Å². The van der Waals surface area contributed by atoms with Crippen LogP contribution in [0.5, 0.6) is 0 Å². The number of hydrogen-bond acceptors (Lipinski definition) is 2. The summed E-state index contributed by atoms with van der Waals surface area (Å²) in [6.45, 7) is 0. The zero-order valence-electron chi connectivity index (χ0n) is 8.31. The van der Waals surface area contributed by atoms with Gasteiger partial charge in [-0.1, -0.05) is 15.9 Å². The Morgan fingerprint density at radius 2 is 2.12 bits per heavy atom. The highest BCUT2D eigenvalue weighted by atomic mass is 79.9. The van der Waals surface area contributed by atoms with Gasteiger partial charge < -0.3 is 5.32 Å². The summed E-state index contributed by atoms with van der Waals surface area (Å²) in [6.07, 6.45) is -4.93. The monoisotopic (exact) mass is 306 g/mol. The molecule has 0 heterocycles. The first-order valence-corrected chi connectivity index (χ1v) is 5.47. The largest absolute Gasteiger partial charge is 0.471 e. The van der Waals surface area contributed by atoms with E-state index in [0.29, 0.717) is 11.1 Å². The first kappa shape index (κ1) is 13.5. The Morgan fingerprint density at radius 1 is 1.47 bits per heavy atom. The standard InChI is InChI=1S/C10H6BrF3N2O/c11-4-7-3-6(5-15)1-2-8(7)16-9(17)10(12,13)14/h1-3H,4H2,(H,16,17). The Hall–Kier alpha value is -1.55. The van der Waals surface area contributed by atoms with Crippen LogP contribution in [0.4, 0.5) is 18.9 Å². The molecule has 0 aliphatic heterocycles. The minimum atomic E-state index is -4.93. The third kappa shape index (κ3) is 3.46. The normalized spacial score (nSPS) is 10.8. The maximum atomic E-state index is 12.0. The van der Waals surface area contributed by atoms with Crippen molar-refractivity contribution in [3.05, 3.63) is 29.3 Å². The molecule has 0 radical (unpaired) electrons. The van der Waals surface area contributed by atoms with Gasteiger partial charge >= 0.3 is 12.1 Å². The molecule has 1 amide bonds. The first-order chi connectivity index (χ1) is 7.88. The molecular weight excluding hydrogens is 301 g/mol. The Balaban J connectivity index is 3.00. The van der Waals surface area contributed by atoms with Crippen molar-refractivity contribution in [3.8, 4) is 6.07 Å². The van der Waals surface area contributed by atoms with E-state index in [4.69, 9.17) is 5.26 Å². The van der Waals surface area contributed by atoms with Gasteiger partial charge in [0.1, 0.15) is 0 Å². The van der Waals surface area contributed by atoms with Crippen molar-refractivity contribution in [2.24, 2.45) is 0 Å². The minimum absolute atomic E-state index is 0.0307. The van der Waals surface area contributed by atoms with E-state index in [2.05, 4.69) is 15.9 Å². The van der Waals surface area contributed by atoms with Crippen LogP contribution in [-0.4, -0.2) is 12.1 Å². The number of nitrogens with one attached hydrogen (secondary N) is 1. The van der Waals surface area contributed by atoms with Crippen LogP contribution < -0.4 is 5.32 Å². The van der Waals surface area contributed by atoms with Gasteiger partial charge in [0, 0.05) is 11.0 Å². The van der Waals surface area contributed by atoms with E-state index in [-0.39, 0.29) is 11.0 Å². The van der Waals surface area contributed by atoms with Crippen molar-refractivity contribution in [2.75, 3.05) is 5.32 Å².